The summed E-state index contributed by atoms with van der Waals surface area (Å²) in [6.45, 7) is 5.25. The van der Waals surface area contributed by atoms with Crippen LogP contribution in [0, 0.1) is 0 Å². The number of nitrogens with zero attached hydrogens (tertiary/aromatic N) is 4. The van der Waals surface area contributed by atoms with Crippen LogP contribution in [0.25, 0.3) is 0 Å². The Bertz CT molecular complexity index is 626. The molecule has 3 rings (SSSR count). The van der Waals surface area contributed by atoms with Gasteiger partial charge in [0.05, 0.1) is 6.04 Å². The van der Waals surface area contributed by atoms with Crippen molar-refractivity contribution in [3.63, 3.8) is 0 Å². The zero-order valence-electron chi connectivity index (χ0n) is 12.1. The number of nitrogens with one attached hydrogen (secondary N) is 1. The summed E-state index contributed by atoms with van der Waals surface area (Å²) in [5.41, 5.74) is 1.27. The Hall–Kier alpha value is -0.920. The van der Waals surface area contributed by atoms with Crippen LogP contribution in [0.2, 0.25) is 0 Å². The third-order valence-corrected chi connectivity index (χ3v) is 5.47. The Morgan fingerprint density at radius 2 is 2.29 bits per heavy atom. The first-order valence-electron chi connectivity index (χ1n) is 7.17. The highest BCUT2D eigenvalue weighted by atomic mass is 79.9. The number of hydrogen-bond acceptors (Lipinski definition) is 5. The van der Waals surface area contributed by atoms with Crippen molar-refractivity contribution < 1.29 is 0 Å². The number of hydrogen-bond donors (Lipinski definition) is 1. The van der Waals surface area contributed by atoms with Crippen molar-refractivity contribution in [3.8, 4) is 0 Å². The lowest BCUT2D eigenvalue weighted by Gasteiger charge is -2.14. The van der Waals surface area contributed by atoms with Gasteiger partial charge in [-0.05, 0) is 82.1 Å². The average Bonchev–Trinajstić information content (AvgIpc) is 3.21. The molecule has 0 saturated heterocycles. The molecule has 1 aliphatic rings. The van der Waals surface area contributed by atoms with Crippen molar-refractivity contribution in [3.05, 3.63) is 28.2 Å². The molecule has 0 amide bonds. The van der Waals surface area contributed by atoms with Gasteiger partial charge >= 0.3 is 0 Å². The summed E-state index contributed by atoms with van der Waals surface area (Å²) in [5.74, 6) is 0. The van der Waals surface area contributed by atoms with Gasteiger partial charge in [-0.3, -0.25) is 0 Å². The van der Waals surface area contributed by atoms with E-state index in [0.717, 1.165) is 21.1 Å². The molecule has 2 aromatic rings. The van der Waals surface area contributed by atoms with Crippen LogP contribution in [0.15, 0.2) is 32.7 Å². The van der Waals surface area contributed by atoms with Crippen molar-refractivity contribution in [2.24, 2.45) is 0 Å². The summed E-state index contributed by atoms with van der Waals surface area (Å²) in [6, 6.07) is 7.30. The van der Waals surface area contributed by atoms with Crippen LogP contribution in [-0.2, 0) is 0 Å². The number of halogens is 1. The maximum absolute atomic E-state index is 4.13. The van der Waals surface area contributed by atoms with Gasteiger partial charge in [0.15, 0.2) is 0 Å². The summed E-state index contributed by atoms with van der Waals surface area (Å²) in [5, 5.41) is 16.3. The Labute approximate surface area is 137 Å². The van der Waals surface area contributed by atoms with E-state index in [2.05, 4.69) is 68.8 Å². The zero-order chi connectivity index (χ0) is 14.8. The van der Waals surface area contributed by atoms with Gasteiger partial charge in [-0.25, -0.2) is 4.68 Å². The zero-order valence-corrected chi connectivity index (χ0v) is 14.5. The molecule has 21 heavy (non-hydrogen) atoms. The minimum Gasteiger partial charge on any atom is -0.310 e. The molecule has 1 N–H and O–H groups in total. The minimum atomic E-state index is 0.349. The molecule has 112 valence electrons. The Morgan fingerprint density at radius 1 is 1.48 bits per heavy atom. The molecule has 0 spiro atoms. The Balaban J connectivity index is 1.78. The van der Waals surface area contributed by atoms with E-state index in [9.17, 15) is 0 Å². The van der Waals surface area contributed by atoms with E-state index in [0.29, 0.717) is 12.1 Å². The van der Waals surface area contributed by atoms with E-state index in [1.807, 2.05) is 4.68 Å². The maximum atomic E-state index is 4.13. The van der Waals surface area contributed by atoms with Crippen molar-refractivity contribution >= 4 is 27.7 Å². The largest absolute Gasteiger partial charge is 0.310 e. The van der Waals surface area contributed by atoms with Crippen LogP contribution in [0.3, 0.4) is 0 Å². The van der Waals surface area contributed by atoms with Gasteiger partial charge in [0, 0.05) is 15.4 Å². The fourth-order valence-corrected chi connectivity index (χ4v) is 3.68. The summed E-state index contributed by atoms with van der Waals surface area (Å²) >= 11 is 5.27. The van der Waals surface area contributed by atoms with E-state index < -0.39 is 0 Å². The van der Waals surface area contributed by atoms with Crippen LogP contribution in [-0.4, -0.2) is 26.8 Å². The second kappa shape index (κ2) is 6.46. The standard InChI is InChI=1S/C14H18BrN5S/c1-3-16-9(2)10-4-7-13(12(15)8-10)21-14-17-18-19-20(14)11-5-6-11/h4,7-9,11,16H,3,5-6H2,1-2H3. The van der Waals surface area contributed by atoms with E-state index in [1.165, 1.54) is 18.4 Å². The topological polar surface area (TPSA) is 55.6 Å². The van der Waals surface area contributed by atoms with Gasteiger partial charge in [0.1, 0.15) is 0 Å². The van der Waals surface area contributed by atoms with Gasteiger partial charge in [0.2, 0.25) is 5.16 Å². The smallest absolute Gasteiger partial charge is 0.214 e. The first-order valence-corrected chi connectivity index (χ1v) is 8.78. The first-order chi connectivity index (χ1) is 10.2. The monoisotopic (exact) mass is 367 g/mol. The number of tetrazole rings is 1. The quantitative estimate of drug-likeness (QED) is 0.845. The summed E-state index contributed by atoms with van der Waals surface area (Å²) in [7, 11) is 0. The third kappa shape index (κ3) is 3.46. The van der Waals surface area contributed by atoms with Gasteiger partial charge in [-0.1, -0.05) is 13.0 Å². The number of aromatic nitrogens is 4. The van der Waals surface area contributed by atoms with Gasteiger partial charge in [0.25, 0.3) is 0 Å². The predicted molar refractivity (Wildman–Crippen MR) is 86.4 cm³/mol. The molecular weight excluding hydrogens is 350 g/mol. The van der Waals surface area contributed by atoms with Gasteiger partial charge in [-0.15, -0.1) is 5.10 Å². The molecular formula is C14H18BrN5S. The van der Waals surface area contributed by atoms with Crippen LogP contribution in [0.1, 0.15) is 44.3 Å². The highest BCUT2D eigenvalue weighted by Crippen LogP contribution is 2.39. The molecule has 5 nitrogen and oxygen atoms in total. The van der Waals surface area contributed by atoms with Crippen LogP contribution < -0.4 is 5.32 Å². The molecule has 0 radical (unpaired) electrons. The van der Waals surface area contributed by atoms with Gasteiger partial charge < -0.3 is 5.32 Å². The summed E-state index contributed by atoms with van der Waals surface area (Å²) in [4.78, 5) is 1.14. The molecule has 1 aliphatic carbocycles. The van der Waals surface area contributed by atoms with Crippen LogP contribution >= 0.6 is 27.7 Å². The lowest BCUT2D eigenvalue weighted by molar-refractivity contribution is 0.565. The fraction of sp³-hybridized carbons (Fsp3) is 0.500. The first kappa shape index (κ1) is 15.0. The average molecular weight is 368 g/mol. The van der Waals surface area contributed by atoms with Crippen molar-refractivity contribution in [2.75, 3.05) is 6.54 Å². The molecule has 7 heteroatoms. The molecule has 0 bridgehead atoms. The highest BCUT2D eigenvalue weighted by molar-refractivity contribution is 9.10. The van der Waals surface area contributed by atoms with Crippen LogP contribution in [0.4, 0.5) is 0 Å². The summed E-state index contributed by atoms with van der Waals surface area (Å²) in [6.07, 6.45) is 2.36. The van der Waals surface area contributed by atoms with E-state index >= 15 is 0 Å². The lowest BCUT2D eigenvalue weighted by Crippen LogP contribution is -2.17. The van der Waals surface area contributed by atoms with Crippen LogP contribution in [0.5, 0.6) is 0 Å². The second-order valence-corrected chi connectivity index (χ2v) is 7.07. The minimum absolute atomic E-state index is 0.349. The molecule has 1 atom stereocenters. The molecule has 1 heterocycles. The SMILES string of the molecule is CCNC(C)c1ccc(Sc2nnnn2C2CC2)c(Br)c1. The van der Waals surface area contributed by atoms with E-state index in [4.69, 9.17) is 0 Å². The number of rotatable bonds is 6. The Kier molecular flexibility index (Phi) is 4.61. The molecule has 1 saturated carbocycles. The second-order valence-electron chi connectivity index (χ2n) is 5.21. The van der Waals surface area contributed by atoms with Crippen molar-refractivity contribution in [1.29, 1.82) is 0 Å². The maximum Gasteiger partial charge on any atom is 0.214 e. The normalized spacial score (nSPS) is 16.1. The molecule has 1 aromatic carbocycles. The molecule has 1 aromatic heterocycles. The van der Waals surface area contributed by atoms with Crippen molar-refractivity contribution in [1.82, 2.24) is 25.5 Å². The molecule has 1 fully saturated rings. The number of benzene rings is 1. The van der Waals surface area contributed by atoms with E-state index in [-0.39, 0.29) is 0 Å². The van der Waals surface area contributed by atoms with Gasteiger partial charge in [-0.2, -0.15) is 0 Å². The molecule has 1 unspecified atom stereocenters. The molecule has 0 aliphatic heterocycles. The highest BCUT2D eigenvalue weighted by Gasteiger charge is 2.28. The lowest BCUT2D eigenvalue weighted by atomic mass is 10.1. The predicted octanol–water partition coefficient (Wildman–Crippen LogP) is 3.59. The van der Waals surface area contributed by atoms with E-state index in [1.54, 1.807) is 11.8 Å². The third-order valence-electron chi connectivity index (χ3n) is 3.52. The summed E-state index contributed by atoms with van der Waals surface area (Å²) < 4.78 is 3.02. The Morgan fingerprint density at radius 3 is 2.95 bits per heavy atom. The van der Waals surface area contributed by atoms with Crippen molar-refractivity contribution in [2.45, 2.75) is 48.8 Å². The fourth-order valence-electron chi connectivity index (χ4n) is 2.19.